The standard InChI is InChI=1S/C15H19F3N2O/c1-9(15(21)20-10-5-3-2-4-6-10)19-11-7-12(16)14(18)13(17)8-11/h7-10,19H,2-6H2,1H3,(H,20,21). The summed E-state index contributed by atoms with van der Waals surface area (Å²) in [5.74, 6) is -4.30. The van der Waals surface area contributed by atoms with Gasteiger partial charge in [-0.15, -0.1) is 0 Å². The Labute approximate surface area is 121 Å². The van der Waals surface area contributed by atoms with Gasteiger partial charge in [0.25, 0.3) is 0 Å². The highest BCUT2D eigenvalue weighted by Gasteiger charge is 2.20. The maximum Gasteiger partial charge on any atom is 0.242 e. The van der Waals surface area contributed by atoms with Crippen molar-refractivity contribution in [2.75, 3.05) is 5.32 Å². The minimum Gasteiger partial charge on any atom is -0.374 e. The van der Waals surface area contributed by atoms with Crippen LogP contribution in [-0.2, 0) is 4.79 Å². The number of carbonyl (C=O) groups excluding carboxylic acids is 1. The molecule has 1 atom stereocenters. The van der Waals surface area contributed by atoms with Crippen LogP contribution in [0.5, 0.6) is 0 Å². The van der Waals surface area contributed by atoms with Crippen molar-refractivity contribution in [2.45, 2.75) is 51.1 Å². The molecule has 1 unspecified atom stereocenters. The van der Waals surface area contributed by atoms with Crippen molar-refractivity contribution in [1.29, 1.82) is 0 Å². The Kier molecular flexibility index (Phi) is 5.09. The summed E-state index contributed by atoms with van der Waals surface area (Å²) in [6.07, 6.45) is 5.30. The van der Waals surface area contributed by atoms with Gasteiger partial charge in [-0.25, -0.2) is 13.2 Å². The average Bonchev–Trinajstić information content (AvgIpc) is 2.45. The summed E-state index contributed by atoms with van der Waals surface area (Å²) in [5.41, 5.74) is 0.0395. The first-order valence-electron chi connectivity index (χ1n) is 7.19. The molecular weight excluding hydrogens is 281 g/mol. The zero-order valence-corrected chi connectivity index (χ0v) is 11.9. The second-order valence-corrected chi connectivity index (χ2v) is 5.46. The van der Waals surface area contributed by atoms with Crippen molar-refractivity contribution in [3.63, 3.8) is 0 Å². The first-order chi connectivity index (χ1) is 9.97. The van der Waals surface area contributed by atoms with Gasteiger partial charge in [0.05, 0.1) is 0 Å². The molecule has 0 aromatic heterocycles. The van der Waals surface area contributed by atoms with Crippen LogP contribution in [0.1, 0.15) is 39.0 Å². The molecule has 2 N–H and O–H groups in total. The van der Waals surface area contributed by atoms with Crippen molar-refractivity contribution in [3.05, 3.63) is 29.6 Å². The fourth-order valence-electron chi connectivity index (χ4n) is 2.53. The van der Waals surface area contributed by atoms with E-state index in [2.05, 4.69) is 10.6 Å². The van der Waals surface area contributed by atoms with E-state index in [1.54, 1.807) is 6.92 Å². The first kappa shape index (κ1) is 15.7. The topological polar surface area (TPSA) is 41.1 Å². The van der Waals surface area contributed by atoms with E-state index >= 15 is 0 Å². The molecular formula is C15H19F3N2O. The highest BCUT2D eigenvalue weighted by atomic mass is 19.2. The molecule has 1 aliphatic rings. The fourth-order valence-corrected chi connectivity index (χ4v) is 2.53. The second-order valence-electron chi connectivity index (χ2n) is 5.46. The Bertz CT molecular complexity index is 493. The monoisotopic (exact) mass is 300 g/mol. The van der Waals surface area contributed by atoms with Crippen molar-refractivity contribution < 1.29 is 18.0 Å². The molecule has 0 radical (unpaired) electrons. The van der Waals surface area contributed by atoms with E-state index in [9.17, 15) is 18.0 Å². The molecule has 21 heavy (non-hydrogen) atoms. The first-order valence-corrected chi connectivity index (χ1v) is 7.19. The van der Waals surface area contributed by atoms with E-state index in [1.165, 1.54) is 6.42 Å². The largest absolute Gasteiger partial charge is 0.374 e. The number of hydrogen-bond donors (Lipinski definition) is 2. The Morgan fingerprint density at radius 2 is 1.71 bits per heavy atom. The van der Waals surface area contributed by atoms with Crippen LogP contribution in [0.15, 0.2) is 12.1 Å². The maximum absolute atomic E-state index is 13.1. The van der Waals surface area contributed by atoms with Crippen molar-refractivity contribution in [2.24, 2.45) is 0 Å². The van der Waals surface area contributed by atoms with Gasteiger partial charge in [0, 0.05) is 23.9 Å². The Morgan fingerprint density at radius 3 is 2.29 bits per heavy atom. The minimum absolute atomic E-state index is 0.0395. The van der Waals surface area contributed by atoms with Gasteiger partial charge in [0.2, 0.25) is 5.91 Å². The van der Waals surface area contributed by atoms with Crippen molar-refractivity contribution in [1.82, 2.24) is 5.32 Å². The molecule has 1 aliphatic carbocycles. The van der Waals surface area contributed by atoms with Crippen LogP contribution in [0.3, 0.4) is 0 Å². The van der Waals surface area contributed by atoms with Crippen LogP contribution in [-0.4, -0.2) is 18.0 Å². The van der Waals surface area contributed by atoms with E-state index in [-0.39, 0.29) is 17.6 Å². The summed E-state index contributed by atoms with van der Waals surface area (Å²) in [6, 6.07) is 1.18. The lowest BCUT2D eigenvalue weighted by molar-refractivity contribution is -0.122. The highest BCUT2D eigenvalue weighted by Crippen LogP contribution is 2.19. The quantitative estimate of drug-likeness (QED) is 0.837. The van der Waals surface area contributed by atoms with Crippen LogP contribution >= 0.6 is 0 Å². The SMILES string of the molecule is CC(Nc1cc(F)c(F)c(F)c1)C(=O)NC1CCCCC1. The normalized spacial score (nSPS) is 17.3. The number of rotatable bonds is 4. The van der Waals surface area contributed by atoms with E-state index in [0.717, 1.165) is 37.8 Å². The summed E-state index contributed by atoms with van der Waals surface area (Å²) in [5, 5.41) is 5.60. The van der Waals surface area contributed by atoms with Crippen LogP contribution in [0.25, 0.3) is 0 Å². The molecule has 0 spiro atoms. The number of anilines is 1. The molecule has 1 amide bonds. The van der Waals surface area contributed by atoms with Gasteiger partial charge in [-0.3, -0.25) is 4.79 Å². The molecule has 6 heteroatoms. The third kappa shape index (κ3) is 4.12. The Balaban J connectivity index is 1.93. The van der Waals surface area contributed by atoms with Crippen molar-refractivity contribution in [3.8, 4) is 0 Å². The third-order valence-corrected chi connectivity index (χ3v) is 3.71. The van der Waals surface area contributed by atoms with Gasteiger partial charge < -0.3 is 10.6 Å². The molecule has 0 aliphatic heterocycles. The Hall–Kier alpha value is -1.72. The summed E-state index contributed by atoms with van der Waals surface area (Å²) in [4.78, 5) is 12.0. The number of amides is 1. The van der Waals surface area contributed by atoms with Gasteiger partial charge in [-0.1, -0.05) is 19.3 Å². The molecule has 1 aromatic carbocycles. The van der Waals surface area contributed by atoms with Crippen LogP contribution < -0.4 is 10.6 Å². The lowest BCUT2D eigenvalue weighted by atomic mass is 9.95. The smallest absolute Gasteiger partial charge is 0.242 e. The third-order valence-electron chi connectivity index (χ3n) is 3.71. The van der Waals surface area contributed by atoms with Gasteiger partial charge in [0.1, 0.15) is 6.04 Å². The van der Waals surface area contributed by atoms with E-state index in [4.69, 9.17) is 0 Å². The summed E-state index contributed by atoms with van der Waals surface area (Å²) in [6.45, 7) is 1.59. The molecule has 1 saturated carbocycles. The van der Waals surface area contributed by atoms with Crippen LogP contribution in [0.2, 0.25) is 0 Å². The van der Waals surface area contributed by atoms with Gasteiger partial charge in [-0.05, 0) is 19.8 Å². The van der Waals surface area contributed by atoms with Crippen LogP contribution in [0.4, 0.5) is 18.9 Å². The maximum atomic E-state index is 13.1. The van der Waals surface area contributed by atoms with Crippen LogP contribution in [0, 0.1) is 17.5 Å². The van der Waals surface area contributed by atoms with Crippen molar-refractivity contribution >= 4 is 11.6 Å². The summed E-state index contributed by atoms with van der Waals surface area (Å²) in [7, 11) is 0. The zero-order valence-electron chi connectivity index (χ0n) is 11.9. The fraction of sp³-hybridized carbons (Fsp3) is 0.533. The molecule has 1 aromatic rings. The van der Waals surface area contributed by atoms with E-state index in [1.807, 2.05) is 0 Å². The summed E-state index contributed by atoms with van der Waals surface area (Å²) < 4.78 is 39.1. The lowest BCUT2D eigenvalue weighted by Gasteiger charge is -2.25. The predicted octanol–water partition coefficient (Wildman–Crippen LogP) is 3.35. The number of halogens is 3. The molecule has 2 rings (SSSR count). The van der Waals surface area contributed by atoms with E-state index in [0.29, 0.717) is 0 Å². The molecule has 0 saturated heterocycles. The molecule has 0 heterocycles. The molecule has 116 valence electrons. The lowest BCUT2D eigenvalue weighted by Crippen LogP contribution is -2.44. The van der Waals surface area contributed by atoms with E-state index < -0.39 is 23.5 Å². The number of carbonyl (C=O) groups is 1. The molecule has 3 nitrogen and oxygen atoms in total. The van der Waals surface area contributed by atoms with Gasteiger partial charge in [0.15, 0.2) is 17.5 Å². The Morgan fingerprint density at radius 1 is 1.14 bits per heavy atom. The summed E-state index contributed by atoms with van der Waals surface area (Å²) >= 11 is 0. The number of hydrogen-bond acceptors (Lipinski definition) is 2. The number of benzene rings is 1. The average molecular weight is 300 g/mol. The minimum atomic E-state index is -1.51. The second kappa shape index (κ2) is 6.83. The molecule has 0 bridgehead atoms. The molecule has 1 fully saturated rings. The number of nitrogens with one attached hydrogen (secondary N) is 2. The van der Waals surface area contributed by atoms with Gasteiger partial charge in [-0.2, -0.15) is 0 Å². The highest BCUT2D eigenvalue weighted by molar-refractivity contribution is 5.84. The predicted molar refractivity (Wildman–Crippen MR) is 74.4 cm³/mol. The van der Waals surface area contributed by atoms with Gasteiger partial charge >= 0.3 is 0 Å². The zero-order chi connectivity index (χ0) is 15.4.